The number of hydrogen-bond donors (Lipinski definition) is 2. The molecule has 122 valence electrons. The van der Waals surface area contributed by atoms with Crippen LogP contribution in [0.3, 0.4) is 0 Å². The molecule has 2 aromatic rings. The van der Waals surface area contributed by atoms with Crippen molar-refractivity contribution < 1.29 is 5.11 Å². The summed E-state index contributed by atoms with van der Waals surface area (Å²) in [4.78, 5) is 6.42. The van der Waals surface area contributed by atoms with Gasteiger partial charge in [-0.3, -0.25) is 4.90 Å². The Morgan fingerprint density at radius 3 is 3.00 bits per heavy atom. The summed E-state index contributed by atoms with van der Waals surface area (Å²) in [6.07, 6.45) is 7.52. The van der Waals surface area contributed by atoms with Gasteiger partial charge in [-0.05, 0) is 49.8 Å². The molecule has 2 aliphatic heterocycles. The monoisotopic (exact) mass is 310 g/mol. The van der Waals surface area contributed by atoms with E-state index in [0.717, 1.165) is 13.0 Å². The zero-order valence-electron chi connectivity index (χ0n) is 13.7. The van der Waals surface area contributed by atoms with E-state index in [0.29, 0.717) is 18.6 Å². The van der Waals surface area contributed by atoms with Gasteiger partial charge in [-0.15, -0.1) is 0 Å². The number of nitrogens with zero attached hydrogens (tertiary/aromatic N) is 1. The predicted molar refractivity (Wildman–Crippen MR) is 92.4 cm³/mol. The van der Waals surface area contributed by atoms with Gasteiger partial charge in [0.2, 0.25) is 0 Å². The molecule has 0 bridgehead atoms. The Labute approximate surface area is 137 Å². The van der Waals surface area contributed by atoms with Gasteiger partial charge >= 0.3 is 0 Å². The molecule has 3 nitrogen and oxygen atoms in total. The van der Waals surface area contributed by atoms with Gasteiger partial charge in [-0.1, -0.05) is 31.0 Å². The van der Waals surface area contributed by atoms with E-state index in [-0.39, 0.29) is 5.41 Å². The molecule has 0 radical (unpaired) electrons. The Morgan fingerprint density at radius 1 is 1.17 bits per heavy atom. The first-order valence-electron chi connectivity index (χ1n) is 9.28. The lowest BCUT2D eigenvalue weighted by Crippen LogP contribution is -2.56. The zero-order valence-corrected chi connectivity index (χ0v) is 13.7. The first kappa shape index (κ1) is 14.1. The molecule has 3 heteroatoms. The Morgan fingerprint density at radius 2 is 2.09 bits per heavy atom. The summed E-state index contributed by atoms with van der Waals surface area (Å²) >= 11 is 0. The number of aliphatic hydroxyl groups excluding tert-OH is 1. The summed E-state index contributed by atoms with van der Waals surface area (Å²) in [5.74, 6) is 0.694. The van der Waals surface area contributed by atoms with E-state index >= 15 is 0 Å². The van der Waals surface area contributed by atoms with Gasteiger partial charge in [-0.2, -0.15) is 0 Å². The number of rotatable bonds is 1. The van der Waals surface area contributed by atoms with E-state index in [1.54, 1.807) is 0 Å². The van der Waals surface area contributed by atoms with Crippen LogP contribution in [-0.4, -0.2) is 34.7 Å². The van der Waals surface area contributed by atoms with Gasteiger partial charge in [0, 0.05) is 28.6 Å². The first-order valence-corrected chi connectivity index (χ1v) is 9.28. The van der Waals surface area contributed by atoms with Crippen LogP contribution in [0.25, 0.3) is 10.9 Å². The van der Waals surface area contributed by atoms with Gasteiger partial charge in [0.25, 0.3) is 0 Å². The average molecular weight is 310 g/mol. The Balaban J connectivity index is 1.70. The Hall–Kier alpha value is -1.32. The molecule has 3 heterocycles. The van der Waals surface area contributed by atoms with E-state index in [4.69, 9.17) is 0 Å². The molecule has 5 rings (SSSR count). The summed E-state index contributed by atoms with van der Waals surface area (Å²) in [6, 6.07) is 9.11. The number of aliphatic hydroxyl groups is 1. The van der Waals surface area contributed by atoms with Gasteiger partial charge in [0.1, 0.15) is 0 Å². The van der Waals surface area contributed by atoms with Crippen molar-refractivity contribution in [3.8, 4) is 0 Å². The summed E-state index contributed by atoms with van der Waals surface area (Å²) in [6.45, 7) is 2.69. The molecule has 0 unspecified atom stereocenters. The smallest absolute Gasteiger partial charge is 0.0583 e. The number of para-hydroxylation sites is 1. The highest BCUT2D eigenvalue weighted by atomic mass is 16.3. The van der Waals surface area contributed by atoms with Crippen LogP contribution >= 0.6 is 0 Å². The average Bonchev–Trinajstić information content (AvgIpc) is 2.99. The lowest BCUT2D eigenvalue weighted by molar-refractivity contribution is -0.100. The molecule has 1 saturated heterocycles. The molecule has 0 amide bonds. The van der Waals surface area contributed by atoms with E-state index in [1.165, 1.54) is 60.8 Å². The van der Waals surface area contributed by atoms with Crippen LogP contribution in [0.15, 0.2) is 24.3 Å². The maximum Gasteiger partial charge on any atom is 0.0583 e. The normalized spacial score (nSPS) is 34.0. The zero-order chi connectivity index (χ0) is 15.4. The van der Waals surface area contributed by atoms with Gasteiger partial charge < -0.3 is 10.1 Å². The third kappa shape index (κ3) is 1.84. The van der Waals surface area contributed by atoms with Crippen molar-refractivity contribution in [3.63, 3.8) is 0 Å². The number of nitrogens with one attached hydrogen (secondary N) is 1. The Bertz CT molecular complexity index is 736. The van der Waals surface area contributed by atoms with E-state index in [9.17, 15) is 5.11 Å². The molecular formula is C20H26N2O. The van der Waals surface area contributed by atoms with Crippen molar-refractivity contribution >= 4 is 10.9 Å². The summed E-state index contributed by atoms with van der Waals surface area (Å²) in [7, 11) is 0. The molecular weight excluding hydrogens is 284 g/mol. The topological polar surface area (TPSA) is 39.3 Å². The standard InChI is InChI=1S/C20H26N2O/c23-13-20-10-4-3-5-14(20)8-11-22-12-9-16-15-6-1-2-7-17(15)21-18(16)19(20)22/h1-2,6-7,14,19,21,23H,3-5,8-13H2/t14-,19-,20+/m0/s1. The number of aromatic nitrogens is 1. The summed E-state index contributed by atoms with van der Waals surface area (Å²) in [5, 5.41) is 11.9. The number of fused-ring (bicyclic) bond motifs is 7. The van der Waals surface area contributed by atoms with Gasteiger partial charge in [0.15, 0.2) is 0 Å². The van der Waals surface area contributed by atoms with E-state index < -0.39 is 0 Å². The number of benzene rings is 1. The minimum absolute atomic E-state index is 0.0759. The maximum atomic E-state index is 10.5. The SMILES string of the molecule is OC[C@]12CCCC[C@H]1CCN1CCc3c([nH]c4ccccc34)[C@H]12. The van der Waals surface area contributed by atoms with Gasteiger partial charge in [0.05, 0.1) is 12.6 Å². The fraction of sp³-hybridized carbons (Fsp3) is 0.600. The molecule has 0 spiro atoms. The van der Waals surface area contributed by atoms with Crippen LogP contribution < -0.4 is 0 Å². The highest BCUT2D eigenvalue weighted by molar-refractivity contribution is 5.85. The Kier molecular flexibility index (Phi) is 3.11. The molecule has 1 saturated carbocycles. The van der Waals surface area contributed by atoms with Crippen LogP contribution in [0.2, 0.25) is 0 Å². The molecule has 1 aliphatic carbocycles. The second-order valence-electron chi connectivity index (χ2n) is 7.87. The van der Waals surface area contributed by atoms with Crippen molar-refractivity contribution in [2.24, 2.45) is 11.3 Å². The number of hydrogen-bond acceptors (Lipinski definition) is 2. The molecule has 2 N–H and O–H groups in total. The quantitative estimate of drug-likeness (QED) is 0.844. The van der Waals surface area contributed by atoms with Crippen LogP contribution in [0.5, 0.6) is 0 Å². The minimum Gasteiger partial charge on any atom is -0.396 e. The highest BCUT2D eigenvalue weighted by Gasteiger charge is 2.53. The van der Waals surface area contributed by atoms with Crippen molar-refractivity contribution in [1.29, 1.82) is 0 Å². The first-order chi connectivity index (χ1) is 11.3. The van der Waals surface area contributed by atoms with Crippen molar-refractivity contribution in [3.05, 3.63) is 35.5 Å². The van der Waals surface area contributed by atoms with Crippen molar-refractivity contribution in [2.45, 2.75) is 44.6 Å². The van der Waals surface area contributed by atoms with E-state index in [1.807, 2.05) is 0 Å². The van der Waals surface area contributed by atoms with Crippen LogP contribution in [0, 0.1) is 11.3 Å². The summed E-state index contributed by atoms with van der Waals surface area (Å²) in [5.41, 5.74) is 4.27. The third-order valence-electron chi connectivity index (χ3n) is 7.00. The minimum atomic E-state index is 0.0759. The molecule has 1 aromatic carbocycles. The molecule has 1 aromatic heterocycles. The largest absolute Gasteiger partial charge is 0.396 e. The molecule has 2 fully saturated rings. The number of aromatic amines is 1. The summed E-state index contributed by atoms with van der Waals surface area (Å²) < 4.78 is 0. The number of piperidine rings is 1. The van der Waals surface area contributed by atoms with Crippen LogP contribution in [0.1, 0.15) is 49.4 Å². The van der Waals surface area contributed by atoms with Crippen LogP contribution in [-0.2, 0) is 6.42 Å². The third-order valence-corrected chi connectivity index (χ3v) is 7.00. The molecule has 3 aliphatic rings. The second-order valence-corrected chi connectivity index (χ2v) is 7.87. The molecule has 23 heavy (non-hydrogen) atoms. The fourth-order valence-electron chi connectivity index (χ4n) is 5.93. The maximum absolute atomic E-state index is 10.5. The fourth-order valence-corrected chi connectivity index (χ4v) is 5.93. The van der Waals surface area contributed by atoms with E-state index in [2.05, 4.69) is 34.1 Å². The predicted octanol–water partition coefficient (Wildman–Crippen LogP) is 3.64. The second kappa shape index (κ2) is 5.09. The van der Waals surface area contributed by atoms with Crippen LogP contribution in [0.4, 0.5) is 0 Å². The van der Waals surface area contributed by atoms with Crippen molar-refractivity contribution in [2.75, 3.05) is 19.7 Å². The highest BCUT2D eigenvalue weighted by Crippen LogP contribution is 2.57. The lowest BCUT2D eigenvalue weighted by atomic mass is 9.57. The lowest BCUT2D eigenvalue weighted by Gasteiger charge is -2.57. The molecule has 3 atom stereocenters. The van der Waals surface area contributed by atoms with Crippen molar-refractivity contribution in [1.82, 2.24) is 9.88 Å². The van der Waals surface area contributed by atoms with Gasteiger partial charge in [-0.25, -0.2) is 0 Å². The number of H-pyrrole nitrogens is 1.